The Morgan fingerprint density at radius 1 is 0.848 bits per heavy atom. The van der Waals surface area contributed by atoms with Gasteiger partial charge in [-0.25, -0.2) is 0 Å². The Morgan fingerprint density at radius 2 is 1.64 bits per heavy atom. The van der Waals surface area contributed by atoms with Crippen molar-refractivity contribution in [3.63, 3.8) is 0 Å². The molecule has 2 heterocycles. The van der Waals surface area contributed by atoms with Gasteiger partial charge in [-0.05, 0) is 53.8 Å². The van der Waals surface area contributed by atoms with Gasteiger partial charge in [0, 0.05) is 37.7 Å². The molecule has 0 N–H and O–H groups in total. The van der Waals surface area contributed by atoms with E-state index in [9.17, 15) is 9.59 Å². The van der Waals surface area contributed by atoms with Gasteiger partial charge in [0.1, 0.15) is 5.75 Å². The average Bonchev–Trinajstić information content (AvgIpc) is 3.38. The maximum atomic E-state index is 13.4. The highest BCUT2D eigenvalue weighted by Gasteiger charge is 2.35. The van der Waals surface area contributed by atoms with Crippen molar-refractivity contribution in [1.82, 2.24) is 9.80 Å². The first-order valence-corrected chi connectivity index (χ1v) is 11.8. The van der Waals surface area contributed by atoms with E-state index in [1.165, 1.54) is 5.56 Å². The number of benzene rings is 3. The Balaban J connectivity index is 1.26. The summed E-state index contributed by atoms with van der Waals surface area (Å²) < 4.78 is 5.26. The second-order valence-corrected chi connectivity index (χ2v) is 9.16. The van der Waals surface area contributed by atoms with Gasteiger partial charge in [0.05, 0.1) is 13.0 Å². The summed E-state index contributed by atoms with van der Waals surface area (Å²) in [6.45, 7) is 2.74. The number of carbonyl (C=O) groups excluding carboxylic acids is 2. The number of ether oxygens (including phenoxy) is 1. The van der Waals surface area contributed by atoms with Crippen LogP contribution in [0.15, 0.2) is 66.7 Å². The van der Waals surface area contributed by atoms with Crippen molar-refractivity contribution in [1.29, 1.82) is 0 Å². The van der Waals surface area contributed by atoms with Gasteiger partial charge in [-0.3, -0.25) is 9.59 Å². The molecule has 33 heavy (non-hydrogen) atoms. The van der Waals surface area contributed by atoms with Crippen LogP contribution in [-0.2, 0) is 4.79 Å². The third kappa shape index (κ3) is 4.32. The van der Waals surface area contributed by atoms with Crippen LogP contribution in [0.4, 0.5) is 0 Å². The molecule has 3 aromatic carbocycles. The minimum atomic E-state index is -0.118. The van der Waals surface area contributed by atoms with E-state index >= 15 is 0 Å². The normalized spacial score (nSPS) is 20.8. The lowest BCUT2D eigenvalue weighted by Crippen LogP contribution is -2.46. The molecule has 170 valence electrons. The molecule has 5 heteroatoms. The molecule has 2 amide bonds. The molecule has 0 spiro atoms. The summed E-state index contributed by atoms with van der Waals surface area (Å²) >= 11 is 0. The average molecular weight is 443 g/mol. The zero-order chi connectivity index (χ0) is 22.8. The number of piperidine rings is 1. The monoisotopic (exact) mass is 442 g/mol. The topological polar surface area (TPSA) is 49.9 Å². The van der Waals surface area contributed by atoms with Crippen LogP contribution in [0.5, 0.6) is 5.75 Å². The van der Waals surface area contributed by atoms with Crippen LogP contribution in [0.2, 0.25) is 0 Å². The molecule has 3 aromatic rings. The number of nitrogens with zero attached hydrogens (tertiary/aromatic N) is 2. The Morgan fingerprint density at radius 3 is 2.45 bits per heavy atom. The van der Waals surface area contributed by atoms with Gasteiger partial charge in [0.15, 0.2) is 0 Å². The van der Waals surface area contributed by atoms with E-state index in [-0.39, 0.29) is 17.7 Å². The van der Waals surface area contributed by atoms with Crippen molar-refractivity contribution in [2.24, 2.45) is 5.92 Å². The molecule has 2 aliphatic heterocycles. The second kappa shape index (κ2) is 9.26. The van der Waals surface area contributed by atoms with Crippen molar-refractivity contribution in [2.45, 2.75) is 25.2 Å². The summed E-state index contributed by atoms with van der Waals surface area (Å²) in [4.78, 5) is 30.6. The lowest BCUT2D eigenvalue weighted by atomic mass is 9.95. The first kappa shape index (κ1) is 21.5. The SMILES string of the molecule is COc1ccc(C2CCN(C(=O)C3CCCN(C(=O)c4cccc5ccccc45)C3)C2)cc1. The van der Waals surface area contributed by atoms with Crippen molar-refractivity contribution in [3.05, 3.63) is 77.9 Å². The molecular weight excluding hydrogens is 412 g/mol. The van der Waals surface area contributed by atoms with Gasteiger partial charge in [-0.2, -0.15) is 0 Å². The number of rotatable bonds is 4. The van der Waals surface area contributed by atoms with Crippen molar-refractivity contribution in [3.8, 4) is 5.75 Å². The zero-order valence-electron chi connectivity index (χ0n) is 19.1. The molecule has 2 saturated heterocycles. The van der Waals surface area contributed by atoms with Crippen LogP contribution >= 0.6 is 0 Å². The number of hydrogen-bond acceptors (Lipinski definition) is 3. The molecule has 2 atom stereocenters. The molecule has 2 fully saturated rings. The number of hydrogen-bond donors (Lipinski definition) is 0. The molecule has 0 radical (unpaired) electrons. The van der Waals surface area contributed by atoms with Gasteiger partial charge < -0.3 is 14.5 Å². The molecule has 5 rings (SSSR count). The smallest absolute Gasteiger partial charge is 0.254 e. The summed E-state index contributed by atoms with van der Waals surface area (Å²) in [6, 6.07) is 22.0. The van der Waals surface area contributed by atoms with E-state index < -0.39 is 0 Å². The number of amides is 2. The van der Waals surface area contributed by atoms with Crippen LogP contribution in [-0.4, -0.2) is 54.9 Å². The first-order chi connectivity index (χ1) is 16.1. The quantitative estimate of drug-likeness (QED) is 0.588. The molecule has 2 unspecified atom stereocenters. The van der Waals surface area contributed by atoms with Crippen molar-refractivity contribution < 1.29 is 14.3 Å². The fraction of sp³-hybridized carbons (Fsp3) is 0.357. The first-order valence-electron chi connectivity index (χ1n) is 11.8. The highest BCUT2D eigenvalue weighted by molar-refractivity contribution is 6.07. The van der Waals surface area contributed by atoms with E-state index in [4.69, 9.17) is 4.74 Å². The summed E-state index contributed by atoms with van der Waals surface area (Å²) in [5.74, 6) is 1.32. The van der Waals surface area contributed by atoms with Gasteiger partial charge in [0.25, 0.3) is 5.91 Å². The van der Waals surface area contributed by atoms with Gasteiger partial charge in [0.2, 0.25) is 5.91 Å². The number of methoxy groups -OCH3 is 1. The Labute approximate surface area is 194 Å². The maximum Gasteiger partial charge on any atom is 0.254 e. The lowest BCUT2D eigenvalue weighted by molar-refractivity contribution is -0.135. The van der Waals surface area contributed by atoms with Gasteiger partial charge in [-0.15, -0.1) is 0 Å². The molecule has 0 aromatic heterocycles. The minimum absolute atomic E-state index is 0.0295. The predicted molar refractivity (Wildman–Crippen MR) is 130 cm³/mol. The Kier molecular flexibility index (Phi) is 6.03. The fourth-order valence-corrected chi connectivity index (χ4v) is 5.31. The van der Waals surface area contributed by atoms with Gasteiger partial charge in [-0.1, -0.05) is 48.5 Å². The van der Waals surface area contributed by atoms with E-state index in [1.807, 2.05) is 64.4 Å². The zero-order valence-corrected chi connectivity index (χ0v) is 19.1. The van der Waals surface area contributed by atoms with Crippen LogP contribution in [0, 0.1) is 5.92 Å². The highest BCUT2D eigenvalue weighted by atomic mass is 16.5. The van der Waals surface area contributed by atoms with Crippen LogP contribution < -0.4 is 4.74 Å². The largest absolute Gasteiger partial charge is 0.497 e. The molecular formula is C28H30N2O3. The summed E-state index contributed by atoms with van der Waals surface area (Å²) in [5, 5.41) is 2.04. The second-order valence-electron chi connectivity index (χ2n) is 9.16. The molecule has 5 nitrogen and oxygen atoms in total. The Bertz CT molecular complexity index is 1150. The lowest BCUT2D eigenvalue weighted by Gasteiger charge is -2.34. The van der Waals surface area contributed by atoms with E-state index in [2.05, 4.69) is 12.1 Å². The van der Waals surface area contributed by atoms with Crippen LogP contribution in [0.1, 0.15) is 41.1 Å². The summed E-state index contributed by atoms with van der Waals surface area (Å²) in [6.07, 6.45) is 2.69. The van der Waals surface area contributed by atoms with E-state index in [0.29, 0.717) is 19.0 Å². The number of carbonyl (C=O) groups is 2. The van der Waals surface area contributed by atoms with Crippen LogP contribution in [0.25, 0.3) is 10.8 Å². The van der Waals surface area contributed by atoms with Gasteiger partial charge >= 0.3 is 0 Å². The number of fused-ring (bicyclic) bond motifs is 1. The van der Waals surface area contributed by atoms with E-state index in [1.54, 1.807) is 7.11 Å². The minimum Gasteiger partial charge on any atom is -0.497 e. The molecule has 0 saturated carbocycles. The van der Waals surface area contributed by atoms with Crippen molar-refractivity contribution in [2.75, 3.05) is 33.3 Å². The van der Waals surface area contributed by atoms with E-state index in [0.717, 1.165) is 54.4 Å². The third-order valence-corrected chi connectivity index (χ3v) is 7.17. The summed E-state index contributed by atoms with van der Waals surface area (Å²) in [7, 11) is 1.67. The Hall–Kier alpha value is -3.34. The predicted octanol–water partition coefficient (Wildman–Crippen LogP) is 4.72. The summed E-state index contributed by atoms with van der Waals surface area (Å²) in [5.41, 5.74) is 1.98. The highest BCUT2D eigenvalue weighted by Crippen LogP contribution is 2.31. The maximum absolute atomic E-state index is 13.4. The molecule has 0 aliphatic carbocycles. The molecule has 0 bridgehead atoms. The standard InChI is InChI=1S/C28H30N2O3/c1-33-24-13-11-20(12-14-24)22-15-17-30(18-22)27(31)23-8-5-16-29(19-23)28(32)26-10-4-7-21-6-2-3-9-25(21)26/h2-4,6-7,9-14,22-23H,5,8,15-19H2,1H3. The van der Waals surface area contributed by atoms with Crippen molar-refractivity contribution >= 4 is 22.6 Å². The number of likely N-dealkylation sites (tertiary alicyclic amines) is 2. The third-order valence-electron chi connectivity index (χ3n) is 7.17. The molecule has 2 aliphatic rings. The fourth-order valence-electron chi connectivity index (χ4n) is 5.31. The van der Waals surface area contributed by atoms with Crippen LogP contribution in [0.3, 0.4) is 0 Å².